The average molecular weight is 245 g/mol. The summed E-state index contributed by atoms with van der Waals surface area (Å²) in [5, 5.41) is 11.9. The minimum atomic E-state index is -0.765. The molecule has 3 nitrogen and oxygen atoms in total. The Labute approximate surface area is 97.9 Å². The van der Waals surface area contributed by atoms with Gasteiger partial charge in [0.15, 0.2) is 0 Å². The highest BCUT2D eigenvalue weighted by Crippen LogP contribution is 2.16. The Hall–Kier alpha value is -0.520. The number of hydrogen-bond donors (Lipinski definition) is 2. The lowest BCUT2D eigenvalue weighted by Gasteiger charge is -2.00. The summed E-state index contributed by atoms with van der Waals surface area (Å²) < 4.78 is 0. The third kappa shape index (κ3) is 5.20. The van der Waals surface area contributed by atoms with E-state index in [-0.39, 0.29) is 6.42 Å². The Balaban J connectivity index is 2.29. The maximum atomic E-state index is 10.5. The Morgan fingerprint density at radius 1 is 1.53 bits per heavy atom. The summed E-state index contributed by atoms with van der Waals surface area (Å²) in [4.78, 5) is 12.6. The first-order valence-corrected chi connectivity index (χ1v) is 6.92. The van der Waals surface area contributed by atoms with Gasteiger partial charge >= 0.3 is 5.97 Å². The van der Waals surface area contributed by atoms with Crippen LogP contribution in [0.4, 0.5) is 0 Å². The van der Waals surface area contributed by atoms with Crippen molar-refractivity contribution in [2.24, 2.45) is 0 Å². The second-order valence-electron chi connectivity index (χ2n) is 3.11. The Bertz CT molecular complexity index is 312. The van der Waals surface area contributed by atoms with Crippen LogP contribution in [0.5, 0.6) is 0 Å². The molecule has 1 rings (SSSR count). The van der Waals surface area contributed by atoms with Gasteiger partial charge in [0.1, 0.15) is 0 Å². The molecule has 0 bridgehead atoms. The van der Waals surface area contributed by atoms with E-state index in [9.17, 15) is 4.79 Å². The molecular formula is C10H15NO2S2. The lowest BCUT2D eigenvalue weighted by molar-refractivity contribution is -0.136. The molecular weight excluding hydrogens is 230 g/mol. The molecule has 84 valence electrons. The molecule has 2 N–H and O–H groups in total. The van der Waals surface area contributed by atoms with Crippen LogP contribution in [0.1, 0.15) is 9.75 Å². The van der Waals surface area contributed by atoms with Crippen molar-refractivity contribution >= 4 is 29.1 Å². The fourth-order valence-corrected chi connectivity index (χ4v) is 2.47. The normalized spacial score (nSPS) is 10.5. The molecule has 0 atom stereocenters. The predicted molar refractivity (Wildman–Crippen MR) is 65.7 cm³/mol. The van der Waals surface area contributed by atoms with Gasteiger partial charge < -0.3 is 10.4 Å². The van der Waals surface area contributed by atoms with E-state index in [0.717, 1.165) is 23.7 Å². The number of rotatable bonds is 7. The minimum Gasteiger partial charge on any atom is -0.481 e. The third-order valence-electron chi connectivity index (χ3n) is 1.82. The van der Waals surface area contributed by atoms with E-state index in [1.54, 1.807) is 11.3 Å². The zero-order valence-corrected chi connectivity index (χ0v) is 10.3. The fraction of sp³-hybridized carbons (Fsp3) is 0.500. The van der Waals surface area contributed by atoms with Gasteiger partial charge in [-0.05, 0) is 18.4 Å². The van der Waals surface area contributed by atoms with Gasteiger partial charge in [-0.2, -0.15) is 11.8 Å². The number of thiophene rings is 1. The van der Waals surface area contributed by atoms with Crippen LogP contribution >= 0.6 is 23.1 Å². The van der Waals surface area contributed by atoms with E-state index in [4.69, 9.17) is 5.11 Å². The number of carbonyl (C=O) groups is 1. The van der Waals surface area contributed by atoms with Crippen molar-refractivity contribution in [2.75, 3.05) is 18.6 Å². The van der Waals surface area contributed by atoms with E-state index in [1.807, 2.05) is 23.9 Å². The standard InChI is InChI=1S/C10H15NO2S2/c1-14-5-4-11-7-9-3-2-8(15-9)6-10(12)13/h2-3,11H,4-7H2,1H3,(H,12,13). The molecule has 1 heterocycles. The highest BCUT2D eigenvalue weighted by molar-refractivity contribution is 7.98. The van der Waals surface area contributed by atoms with E-state index in [1.165, 1.54) is 4.88 Å². The largest absolute Gasteiger partial charge is 0.481 e. The molecule has 0 aliphatic heterocycles. The summed E-state index contributed by atoms with van der Waals surface area (Å²) in [6, 6.07) is 3.89. The summed E-state index contributed by atoms with van der Waals surface area (Å²) in [6.45, 7) is 1.83. The smallest absolute Gasteiger partial charge is 0.308 e. The summed E-state index contributed by atoms with van der Waals surface area (Å²) in [5.41, 5.74) is 0. The molecule has 0 unspecified atom stereocenters. The molecule has 15 heavy (non-hydrogen) atoms. The number of carboxylic acids is 1. The van der Waals surface area contributed by atoms with Gasteiger partial charge in [0, 0.05) is 28.6 Å². The summed E-state index contributed by atoms with van der Waals surface area (Å²) in [6.07, 6.45) is 2.22. The summed E-state index contributed by atoms with van der Waals surface area (Å²) in [7, 11) is 0. The Morgan fingerprint density at radius 3 is 2.93 bits per heavy atom. The van der Waals surface area contributed by atoms with Gasteiger partial charge in [0.05, 0.1) is 6.42 Å². The highest BCUT2D eigenvalue weighted by Gasteiger charge is 2.03. The van der Waals surface area contributed by atoms with Crippen molar-refractivity contribution in [1.29, 1.82) is 0 Å². The second-order valence-corrected chi connectivity index (χ2v) is 5.35. The molecule has 5 heteroatoms. The van der Waals surface area contributed by atoms with Crippen LogP contribution in [0.2, 0.25) is 0 Å². The van der Waals surface area contributed by atoms with Crippen molar-refractivity contribution in [3.05, 3.63) is 21.9 Å². The van der Waals surface area contributed by atoms with Crippen molar-refractivity contribution < 1.29 is 9.90 Å². The number of thioether (sulfide) groups is 1. The topological polar surface area (TPSA) is 49.3 Å². The van der Waals surface area contributed by atoms with Crippen LogP contribution in [0, 0.1) is 0 Å². The van der Waals surface area contributed by atoms with E-state index in [2.05, 4.69) is 11.6 Å². The molecule has 1 aromatic rings. The van der Waals surface area contributed by atoms with Gasteiger partial charge in [-0.3, -0.25) is 4.79 Å². The zero-order valence-electron chi connectivity index (χ0n) is 8.66. The third-order valence-corrected chi connectivity index (χ3v) is 3.52. The summed E-state index contributed by atoms with van der Waals surface area (Å²) >= 11 is 3.38. The lowest BCUT2D eigenvalue weighted by Crippen LogP contribution is -2.15. The Morgan fingerprint density at radius 2 is 2.27 bits per heavy atom. The summed E-state index contributed by atoms with van der Waals surface area (Å²) in [5.74, 6) is 0.339. The first kappa shape index (κ1) is 12.5. The second kappa shape index (κ2) is 6.87. The lowest BCUT2D eigenvalue weighted by atomic mass is 10.3. The van der Waals surface area contributed by atoms with Gasteiger partial charge in [0.25, 0.3) is 0 Å². The number of aliphatic carboxylic acids is 1. The molecule has 0 aromatic carbocycles. The van der Waals surface area contributed by atoms with Crippen LogP contribution in [0.25, 0.3) is 0 Å². The number of hydrogen-bond acceptors (Lipinski definition) is 4. The van der Waals surface area contributed by atoms with Crippen LogP contribution in [0.3, 0.4) is 0 Å². The first-order valence-electron chi connectivity index (χ1n) is 4.71. The maximum absolute atomic E-state index is 10.5. The molecule has 0 aliphatic rings. The predicted octanol–water partition coefficient (Wildman–Crippen LogP) is 1.83. The average Bonchev–Trinajstić information content (AvgIpc) is 2.59. The van der Waals surface area contributed by atoms with Crippen LogP contribution in [0.15, 0.2) is 12.1 Å². The van der Waals surface area contributed by atoms with E-state index >= 15 is 0 Å². The fourth-order valence-electron chi connectivity index (χ4n) is 1.15. The zero-order chi connectivity index (χ0) is 11.1. The van der Waals surface area contributed by atoms with Crippen molar-refractivity contribution in [2.45, 2.75) is 13.0 Å². The minimum absolute atomic E-state index is 0.134. The molecule has 0 spiro atoms. The molecule has 0 fully saturated rings. The van der Waals surface area contributed by atoms with Crippen molar-refractivity contribution in [3.8, 4) is 0 Å². The maximum Gasteiger partial charge on any atom is 0.308 e. The van der Waals surface area contributed by atoms with E-state index in [0.29, 0.717) is 0 Å². The van der Waals surface area contributed by atoms with Gasteiger partial charge in [-0.25, -0.2) is 0 Å². The van der Waals surface area contributed by atoms with E-state index < -0.39 is 5.97 Å². The van der Waals surface area contributed by atoms with Crippen molar-refractivity contribution in [1.82, 2.24) is 5.32 Å². The molecule has 0 radical (unpaired) electrons. The molecule has 0 saturated heterocycles. The van der Waals surface area contributed by atoms with Crippen LogP contribution < -0.4 is 5.32 Å². The highest BCUT2D eigenvalue weighted by atomic mass is 32.2. The Kier molecular flexibility index (Phi) is 5.75. The van der Waals surface area contributed by atoms with Crippen LogP contribution in [-0.2, 0) is 17.8 Å². The number of nitrogens with one attached hydrogen (secondary N) is 1. The molecule has 0 amide bonds. The molecule has 1 aromatic heterocycles. The monoisotopic (exact) mass is 245 g/mol. The van der Waals surface area contributed by atoms with Crippen LogP contribution in [-0.4, -0.2) is 29.6 Å². The molecule has 0 saturated carbocycles. The van der Waals surface area contributed by atoms with Gasteiger partial charge in [-0.15, -0.1) is 11.3 Å². The van der Waals surface area contributed by atoms with Gasteiger partial charge in [0.2, 0.25) is 0 Å². The molecule has 0 aliphatic carbocycles. The quantitative estimate of drug-likeness (QED) is 0.720. The van der Waals surface area contributed by atoms with Gasteiger partial charge in [-0.1, -0.05) is 0 Å². The van der Waals surface area contributed by atoms with Crippen molar-refractivity contribution in [3.63, 3.8) is 0 Å². The first-order chi connectivity index (χ1) is 7.22. The SMILES string of the molecule is CSCCNCc1ccc(CC(=O)O)s1. The number of carboxylic acid groups (broad SMARTS) is 1.